The molecule has 78 heavy (non-hydrogen) atoms. The third kappa shape index (κ3) is 19.8. The molecule has 20 nitrogen and oxygen atoms in total. The number of rotatable bonds is 15. The van der Waals surface area contributed by atoms with E-state index in [0.717, 1.165) is 0 Å². The predicted octanol–water partition coefficient (Wildman–Crippen LogP) is 3.98. The van der Waals surface area contributed by atoms with Crippen molar-refractivity contribution < 1.29 is 98.5 Å². The van der Waals surface area contributed by atoms with Gasteiger partial charge in [-0.2, -0.15) is 0 Å². The highest BCUT2D eigenvalue weighted by Crippen LogP contribution is 2.40. The minimum absolute atomic E-state index is 0.00729. The van der Waals surface area contributed by atoms with Crippen LogP contribution in [0.15, 0.2) is 36.5 Å². The van der Waals surface area contributed by atoms with Gasteiger partial charge in [0.2, 0.25) is 0 Å². The average molecular weight is 1120 g/mol. The van der Waals surface area contributed by atoms with Gasteiger partial charge in [0.05, 0.1) is 85.5 Å². The molecule has 452 valence electrons. The molecule has 2 bridgehead atoms. The highest BCUT2D eigenvalue weighted by atomic mass is 16.7. The Hall–Kier alpha value is -2.03. The largest absolute Gasteiger partial charge is 0.462 e. The topological polar surface area (TPSA) is 302 Å². The summed E-state index contributed by atoms with van der Waals surface area (Å²) in [5.41, 5.74) is 0. The number of allylic oxidation sites excluding steroid dienone is 4. The fourth-order valence-corrected chi connectivity index (χ4v) is 11.5. The van der Waals surface area contributed by atoms with Gasteiger partial charge in [-0.3, -0.25) is 4.79 Å². The third-order valence-corrected chi connectivity index (χ3v) is 16.8. The average Bonchev–Trinajstić information content (AvgIpc) is 3.39. The Kier molecular flexibility index (Phi) is 27.0. The molecular weight excluding hydrogens is 1020 g/mol. The lowest BCUT2D eigenvalue weighted by atomic mass is 9.81. The van der Waals surface area contributed by atoms with Crippen LogP contribution in [0.25, 0.3) is 0 Å². The van der Waals surface area contributed by atoms with E-state index in [1.54, 1.807) is 65.0 Å². The van der Waals surface area contributed by atoms with Gasteiger partial charge >= 0.3 is 5.97 Å². The lowest BCUT2D eigenvalue weighted by Gasteiger charge is -2.46. The van der Waals surface area contributed by atoms with Gasteiger partial charge in [-0.25, -0.2) is 0 Å². The van der Waals surface area contributed by atoms with Crippen LogP contribution in [0.4, 0.5) is 0 Å². The van der Waals surface area contributed by atoms with E-state index in [4.69, 9.17) is 42.6 Å². The number of carbonyl (C=O) groups is 1. The van der Waals surface area contributed by atoms with Gasteiger partial charge in [-0.1, -0.05) is 90.8 Å². The lowest BCUT2D eigenvalue weighted by Crippen LogP contribution is -2.55. The fraction of sp³-hybridized carbons (Fsp3) is 0.879. The van der Waals surface area contributed by atoms with Crippen LogP contribution in [0.1, 0.15) is 152 Å². The Labute approximate surface area is 463 Å². The van der Waals surface area contributed by atoms with E-state index < -0.39 is 158 Å². The number of hydrogen-bond acceptors (Lipinski definition) is 20. The zero-order chi connectivity index (χ0) is 57.6. The maximum Gasteiger partial charge on any atom is 0.306 e. The van der Waals surface area contributed by atoms with Crippen molar-refractivity contribution >= 4 is 5.97 Å². The number of aliphatic hydroxyl groups is 10. The summed E-state index contributed by atoms with van der Waals surface area (Å²) in [4.78, 5) is 13.5. The SMILES string of the molecule is CO[C@@H]1C[C@H](O[C@H]2C[C@@H]3C[C@H](O)[C@@H](C)[C@](O)(C[C@H](O)CCCCCC(=O)O[C@H](C[C@@H](O)[C@H](C)[C@@H](O)[C@@H](C)[C@H](CC(C)C)O[C@H]4C[C@@H](O[C@H]5C[C@@H](O)[C@H](O)[C@@H](C)O5)[C@H](O)[C@@H](C)O4)[C@@H](C)/C=C/C=C/C=C\[C@@H](O)C2)O3)O[C@H](C)[C@H]1O. The van der Waals surface area contributed by atoms with E-state index in [0.29, 0.717) is 32.1 Å². The summed E-state index contributed by atoms with van der Waals surface area (Å²) >= 11 is 0. The number of ether oxygens (including phenoxy) is 9. The van der Waals surface area contributed by atoms with Crippen molar-refractivity contribution in [1.29, 1.82) is 0 Å². The molecule has 0 radical (unpaired) electrons. The Balaban J connectivity index is 1.27. The summed E-state index contributed by atoms with van der Waals surface area (Å²) in [5.74, 6) is -4.52. The number of cyclic esters (lactones) is 1. The highest BCUT2D eigenvalue weighted by molar-refractivity contribution is 5.69. The molecule has 20 heteroatoms. The van der Waals surface area contributed by atoms with E-state index in [1.165, 1.54) is 7.11 Å². The van der Waals surface area contributed by atoms with Gasteiger partial charge in [-0.05, 0) is 46.0 Å². The molecule has 0 aromatic heterocycles. The van der Waals surface area contributed by atoms with Crippen molar-refractivity contribution in [3.05, 3.63) is 36.5 Å². The summed E-state index contributed by atoms with van der Waals surface area (Å²) in [6, 6.07) is 0. The number of hydrogen-bond donors (Lipinski definition) is 10. The Morgan fingerprint density at radius 2 is 1.29 bits per heavy atom. The van der Waals surface area contributed by atoms with Crippen LogP contribution in [0.3, 0.4) is 0 Å². The van der Waals surface area contributed by atoms with Crippen LogP contribution in [0.5, 0.6) is 0 Å². The van der Waals surface area contributed by atoms with E-state index >= 15 is 0 Å². The van der Waals surface area contributed by atoms with Crippen molar-refractivity contribution in [2.24, 2.45) is 29.6 Å². The Morgan fingerprint density at radius 1 is 0.679 bits per heavy atom. The van der Waals surface area contributed by atoms with Gasteiger partial charge in [-0.15, -0.1) is 0 Å². The molecule has 0 aromatic rings. The molecule has 5 aliphatic rings. The highest BCUT2D eigenvalue weighted by Gasteiger charge is 2.49. The molecule has 5 heterocycles. The maximum absolute atomic E-state index is 13.5. The van der Waals surface area contributed by atoms with E-state index in [9.17, 15) is 55.9 Å². The summed E-state index contributed by atoms with van der Waals surface area (Å²) in [6.07, 6.45) is -4.10. The molecular formula is C58H100O20. The molecule has 10 N–H and O–H groups in total. The second-order valence-corrected chi connectivity index (χ2v) is 23.8. The zero-order valence-electron chi connectivity index (χ0n) is 47.9. The number of methoxy groups -OCH3 is 1. The second kappa shape index (κ2) is 31.6. The van der Waals surface area contributed by atoms with Crippen LogP contribution >= 0.6 is 0 Å². The number of carbonyl (C=O) groups excluding carboxylic acids is 1. The minimum Gasteiger partial charge on any atom is -0.462 e. The maximum atomic E-state index is 13.5. The first-order valence-electron chi connectivity index (χ1n) is 29.0. The van der Waals surface area contributed by atoms with Crippen LogP contribution in [0, 0.1) is 29.6 Å². The van der Waals surface area contributed by atoms with E-state index in [-0.39, 0.29) is 69.6 Å². The van der Waals surface area contributed by atoms with Crippen LogP contribution < -0.4 is 0 Å². The lowest BCUT2D eigenvalue weighted by molar-refractivity contribution is -0.318. The monoisotopic (exact) mass is 1120 g/mol. The minimum atomic E-state index is -1.87. The van der Waals surface area contributed by atoms with Crippen molar-refractivity contribution in [1.82, 2.24) is 0 Å². The number of aliphatic hydroxyl groups excluding tert-OH is 9. The zero-order valence-corrected chi connectivity index (χ0v) is 47.9. The number of fused-ring (bicyclic) bond motifs is 2. The third-order valence-electron chi connectivity index (χ3n) is 16.8. The Morgan fingerprint density at radius 3 is 1.95 bits per heavy atom. The van der Waals surface area contributed by atoms with Crippen LogP contribution in [-0.4, -0.2) is 199 Å². The van der Waals surface area contributed by atoms with Crippen LogP contribution in [0.2, 0.25) is 0 Å². The van der Waals surface area contributed by atoms with Crippen molar-refractivity contribution in [2.45, 2.75) is 287 Å². The number of esters is 1. The van der Waals surface area contributed by atoms with E-state index in [2.05, 4.69) is 0 Å². The summed E-state index contributed by atoms with van der Waals surface area (Å²) in [7, 11) is 1.50. The normalized spacial score (nSPS) is 43.7. The van der Waals surface area contributed by atoms with Crippen molar-refractivity contribution in [3.63, 3.8) is 0 Å². The standard InChI is InChI=1S/C58H100O20/c1-31(2)22-47(76-53-29-49(57(68)38(9)73-53)77-51-27-45(63)55(66)36(7)71-51)34(5)54(65)33(4)43(61)26-46-32(3)18-14-11-12-15-19-39(59)23-41(74-52-28-48(70-10)56(67)37(8)72-52)24-42-25-44(62)35(6)58(69,78-42)30-40(60)20-16-13-17-21-50(64)75-46/h11-12,14-15,18-19,31-49,51-57,59-63,65-69H,13,16-17,20-30H2,1-10H3/b12-11+,18-14+,19-15-/t32-,33-,34-,35+,36+,37+,38+,39+,40+,41+,42+,43+,44-,45+,46+,47-,48+,49+,51-,52-,53-,54+,55+,56+,57+,58-/m0/s1. The summed E-state index contributed by atoms with van der Waals surface area (Å²) in [5, 5.41) is 111. The Bertz CT molecular complexity index is 1830. The molecule has 0 saturated carbocycles. The first-order chi connectivity index (χ1) is 36.8. The quantitative estimate of drug-likeness (QED) is 0.104. The van der Waals surface area contributed by atoms with Gasteiger partial charge in [0.25, 0.3) is 0 Å². The van der Waals surface area contributed by atoms with Crippen molar-refractivity contribution in [3.8, 4) is 0 Å². The molecule has 0 aromatic carbocycles. The van der Waals surface area contributed by atoms with Crippen molar-refractivity contribution in [2.75, 3.05) is 7.11 Å². The van der Waals surface area contributed by atoms with Gasteiger partial charge in [0, 0.05) is 88.6 Å². The predicted molar refractivity (Wildman–Crippen MR) is 286 cm³/mol. The summed E-state index contributed by atoms with van der Waals surface area (Å²) in [6.45, 7) is 16.3. The molecule has 0 amide bonds. The molecule has 5 aliphatic heterocycles. The molecule has 0 aliphatic carbocycles. The molecule has 5 rings (SSSR count). The molecule has 0 spiro atoms. The molecule has 4 saturated heterocycles. The van der Waals surface area contributed by atoms with Gasteiger partial charge < -0.3 is 93.7 Å². The molecule has 0 unspecified atom stereocenters. The van der Waals surface area contributed by atoms with Gasteiger partial charge in [0.1, 0.15) is 24.4 Å². The summed E-state index contributed by atoms with van der Waals surface area (Å²) < 4.78 is 54.9. The smallest absolute Gasteiger partial charge is 0.306 e. The van der Waals surface area contributed by atoms with Crippen LogP contribution in [-0.2, 0) is 47.4 Å². The first kappa shape index (κ1) is 66.8. The molecule has 4 fully saturated rings. The first-order valence-corrected chi connectivity index (χ1v) is 29.0. The van der Waals surface area contributed by atoms with Gasteiger partial charge in [0.15, 0.2) is 24.7 Å². The van der Waals surface area contributed by atoms with E-state index in [1.807, 2.05) is 33.8 Å². The second-order valence-electron chi connectivity index (χ2n) is 23.8. The molecule has 26 atom stereocenters. The fourth-order valence-electron chi connectivity index (χ4n) is 11.5.